The average Bonchev–Trinajstić information content (AvgIpc) is 2.69. The zero-order valence-corrected chi connectivity index (χ0v) is 16.1. The summed E-state index contributed by atoms with van der Waals surface area (Å²) in [7, 11) is 1.40. The van der Waals surface area contributed by atoms with Gasteiger partial charge in [0.25, 0.3) is 5.91 Å². The van der Waals surface area contributed by atoms with Crippen molar-refractivity contribution in [1.82, 2.24) is 0 Å². The van der Waals surface area contributed by atoms with Gasteiger partial charge in [-0.2, -0.15) is 0 Å². The fraction of sp³-hybridized carbons (Fsp3) is 0.143. The van der Waals surface area contributed by atoms with Crippen LogP contribution in [0.5, 0.6) is 5.75 Å². The van der Waals surface area contributed by atoms with Gasteiger partial charge >= 0.3 is 5.97 Å². The third-order valence-corrected chi connectivity index (χ3v) is 4.57. The van der Waals surface area contributed by atoms with Gasteiger partial charge in [0.15, 0.2) is 6.10 Å². The molecular formula is C21H19ClN2O4. The van der Waals surface area contributed by atoms with Crippen molar-refractivity contribution in [2.75, 3.05) is 18.2 Å². The molecule has 0 aliphatic heterocycles. The highest BCUT2D eigenvalue weighted by molar-refractivity contribution is 6.33. The van der Waals surface area contributed by atoms with Crippen LogP contribution in [-0.2, 0) is 9.53 Å². The molecule has 6 nitrogen and oxygen atoms in total. The average molecular weight is 399 g/mol. The lowest BCUT2D eigenvalue weighted by Crippen LogP contribution is -2.30. The SMILES string of the molecule is COc1cc(N)c(Cl)cc1C(=O)OC(C)C(=O)Nc1cccc2ccccc12. The van der Waals surface area contributed by atoms with E-state index >= 15 is 0 Å². The number of nitrogen functional groups attached to an aromatic ring is 1. The van der Waals surface area contributed by atoms with Gasteiger partial charge in [0.1, 0.15) is 11.3 Å². The highest BCUT2D eigenvalue weighted by atomic mass is 35.5. The van der Waals surface area contributed by atoms with Crippen LogP contribution < -0.4 is 15.8 Å². The predicted octanol–water partition coefficient (Wildman–Crippen LogP) is 4.27. The van der Waals surface area contributed by atoms with Gasteiger partial charge in [0.05, 0.1) is 17.8 Å². The molecule has 7 heteroatoms. The lowest BCUT2D eigenvalue weighted by Gasteiger charge is -2.16. The van der Waals surface area contributed by atoms with Crippen LogP contribution in [0.2, 0.25) is 5.02 Å². The maximum absolute atomic E-state index is 12.5. The molecule has 1 atom stereocenters. The second-order valence-electron chi connectivity index (χ2n) is 6.14. The summed E-state index contributed by atoms with van der Waals surface area (Å²) >= 11 is 5.98. The molecule has 0 aromatic heterocycles. The number of carbonyl (C=O) groups excluding carboxylic acids is 2. The van der Waals surface area contributed by atoms with Crippen molar-refractivity contribution >= 4 is 45.6 Å². The van der Waals surface area contributed by atoms with E-state index in [-0.39, 0.29) is 22.0 Å². The number of anilines is 2. The first-order valence-corrected chi connectivity index (χ1v) is 8.91. The number of nitrogens with two attached hydrogens (primary N) is 1. The number of amides is 1. The van der Waals surface area contributed by atoms with Crippen LogP contribution in [0.3, 0.4) is 0 Å². The van der Waals surface area contributed by atoms with Crippen molar-refractivity contribution in [3.8, 4) is 5.75 Å². The lowest BCUT2D eigenvalue weighted by atomic mass is 10.1. The minimum atomic E-state index is -1.03. The van der Waals surface area contributed by atoms with Crippen LogP contribution in [0.25, 0.3) is 10.8 Å². The lowest BCUT2D eigenvalue weighted by molar-refractivity contribution is -0.123. The molecule has 144 valence electrons. The van der Waals surface area contributed by atoms with E-state index in [2.05, 4.69) is 5.32 Å². The summed E-state index contributed by atoms with van der Waals surface area (Å²) in [6, 6.07) is 16.0. The molecule has 3 N–H and O–H groups in total. The number of nitrogens with one attached hydrogen (secondary N) is 1. The van der Waals surface area contributed by atoms with Gasteiger partial charge in [-0.15, -0.1) is 0 Å². The maximum atomic E-state index is 12.5. The first-order valence-electron chi connectivity index (χ1n) is 8.53. The van der Waals surface area contributed by atoms with Crippen molar-refractivity contribution in [3.05, 3.63) is 65.2 Å². The van der Waals surface area contributed by atoms with E-state index in [0.717, 1.165) is 10.8 Å². The number of ether oxygens (including phenoxy) is 2. The molecule has 0 saturated heterocycles. The van der Waals surface area contributed by atoms with Crippen LogP contribution in [0, 0.1) is 0 Å². The highest BCUT2D eigenvalue weighted by Gasteiger charge is 2.23. The molecule has 0 fully saturated rings. The zero-order chi connectivity index (χ0) is 20.3. The molecular weight excluding hydrogens is 380 g/mol. The van der Waals surface area contributed by atoms with Crippen molar-refractivity contribution < 1.29 is 19.1 Å². The van der Waals surface area contributed by atoms with E-state index in [1.165, 1.54) is 26.2 Å². The minimum Gasteiger partial charge on any atom is -0.496 e. The van der Waals surface area contributed by atoms with E-state index < -0.39 is 18.0 Å². The smallest absolute Gasteiger partial charge is 0.342 e. The normalized spacial score (nSPS) is 11.7. The molecule has 0 aliphatic rings. The summed E-state index contributed by atoms with van der Waals surface area (Å²) < 4.78 is 10.4. The molecule has 3 aromatic rings. The standard InChI is InChI=1S/C21H19ClN2O4/c1-12(28-21(26)15-10-16(22)17(23)11-19(15)27-2)20(25)24-18-9-5-7-13-6-3-4-8-14(13)18/h3-12H,23H2,1-2H3,(H,24,25). The molecule has 1 amide bonds. The van der Waals surface area contributed by atoms with Gasteiger partial charge in [-0.05, 0) is 24.4 Å². The van der Waals surface area contributed by atoms with Crippen LogP contribution >= 0.6 is 11.6 Å². The summed E-state index contributed by atoms with van der Waals surface area (Å²) in [4.78, 5) is 25.0. The third-order valence-electron chi connectivity index (χ3n) is 4.24. The van der Waals surface area contributed by atoms with Crippen LogP contribution in [-0.4, -0.2) is 25.1 Å². The largest absolute Gasteiger partial charge is 0.496 e. The molecule has 0 bridgehead atoms. The molecule has 3 aromatic carbocycles. The van der Waals surface area contributed by atoms with Crippen LogP contribution in [0.1, 0.15) is 17.3 Å². The van der Waals surface area contributed by atoms with Crippen LogP contribution in [0.15, 0.2) is 54.6 Å². The number of benzene rings is 3. The van der Waals surface area contributed by atoms with E-state index in [1.807, 2.05) is 36.4 Å². The summed E-state index contributed by atoms with van der Waals surface area (Å²) in [6.07, 6.45) is -1.03. The van der Waals surface area contributed by atoms with Crippen molar-refractivity contribution in [1.29, 1.82) is 0 Å². The first-order chi connectivity index (χ1) is 13.4. The zero-order valence-electron chi connectivity index (χ0n) is 15.4. The Balaban J connectivity index is 1.76. The topological polar surface area (TPSA) is 90.7 Å². The van der Waals surface area contributed by atoms with E-state index in [0.29, 0.717) is 5.69 Å². The predicted molar refractivity (Wildman–Crippen MR) is 110 cm³/mol. The molecule has 0 spiro atoms. The molecule has 0 heterocycles. The van der Waals surface area contributed by atoms with Gasteiger partial charge < -0.3 is 20.5 Å². The van der Waals surface area contributed by atoms with E-state index in [9.17, 15) is 9.59 Å². The summed E-state index contributed by atoms with van der Waals surface area (Å²) in [5.74, 6) is -0.974. The Morgan fingerprint density at radius 3 is 2.57 bits per heavy atom. The summed E-state index contributed by atoms with van der Waals surface area (Å²) in [6.45, 7) is 1.49. The monoisotopic (exact) mass is 398 g/mol. The number of esters is 1. The maximum Gasteiger partial charge on any atom is 0.342 e. The van der Waals surface area contributed by atoms with Gasteiger partial charge in [-0.3, -0.25) is 4.79 Å². The Hall–Kier alpha value is -3.25. The molecule has 0 aliphatic carbocycles. The van der Waals surface area contributed by atoms with Crippen molar-refractivity contribution in [3.63, 3.8) is 0 Å². The Morgan fingerprint density at radius 1 is 1.11 bits per heavy atom. The minimum absolute atomic E-state index is 0.0894. The fourth-order valence-corrected chi connectivity index (χ4v) is 2.91. The Labute approximate surface area is 167 Å². The number of halogens is 1. The number of carbonyl (C=O) groups is 2. The summed E-state index contributed by atoms with van der Waals surface area (Å²) in [5.41, 5.74) is 6.72. The Morgan fingerprint density at radius 2 is 1.82 bits per heavy atom. The Bertz CT molecular complexity index is 1050. The van der Waals surface area contributed by atoms with Gasteiger partial charge in [0.2, 0.25) is 0 Å². The molecule has 0 saturated carbocycles. The fourth-order valence-electron chi connectivity index (χ4n) is 2.74. The number of hydrogen-bond donors (Lipinski definition) is 2. The molecule has 1 unspecified atom stereocenters. The molecule has 3 rings (SSSR count). The summed E-state index contributed by atoms with van der Waals surface area (Å²) in [5, 5.41) is 4.88. The molecule has 0 radical (unpaired) electrons. The van der Waals surface area contributed by atoms with Crippen molar-refractivity contribution in [2.24, 2.45) is 0 Å². The molecule has 28 heavy (non-hydrogen) atoms. The van der Waals surface area contributed by atoms with Gasteiger partial charge in [-0.1, -0.05) is 48.0 Å². The highest BCUT2D eigenvalue weighted by Crippen LogP contribution is 2.29. The second kappa shape index (κ2) is 8.19. The van der Waals surface area contributed by atoms with E-state index in [4.69, 9.17) is 26.8 Å². The number of methoxy groups -OCH3 is 1. The quantitative estimate of drug-likeness (QED) is 0.494. The number of rotatable bonds is 5. The number of hydrogen-bond acceptors (Lipinski definition) is 5. The third kappa shape index (κ3) is 4.02. The second-order valence-corrected chi connectivity index (χ2v) is 6.54. The Kier molecular flexibility index (Phi) is 5.70. The van der Waals surface area contributed by atoms with Gasteiger partial charge in [0, 0.05) is 17.1 Å². The van der Waals surface area contributed by atoms with Crippen LogP contribution in [0.4, 0.5) is 11.4 Å². The van der Waals surface area contributed by atoms with E-state index in [1.54, 1.807) is 6.07 Å². The van der Waals surface area contributed by atoms with Gasteiger partial charge in [-0.25, -0.2) is 4.79 Å². The van der Waals surface area contributed by atoms with Crippen molar-refractivity contribution in [2.45, 2.75) is 13.0 Å². The first kappa shape index (κ1) is 19.5. The number of fused-ring (bicyclic) bond motifs is 1.